The molecule has 4 aliphatic carbocycles. The summed E-state index contributed by atoms with van der Waals surface area (Å²) in [6.07, 6.45) is 10.8. The van der Waals surface area contributed by atoms with E-state index in [9.17, 15) is 10.2 Å². The Morgan fingerprint density at radius 3 is 2.50 bits per heavy atom. The van der Waals surface area contributed by atoms with Crippen LogP contribution >= 0.6 is 0 Å². The molecule has 0 aromatic carbocycles. The Balaban J connectivity index is 1.47. The zero-order valence-electron chi connectivity index (χ0n) is 17.1. The van der Waals surface area contributed by atoms with Gasteiger partial charge in [-0.1, -0.05) is 6.92 Å². The van der Waals surface area contributed by atoms with E-state index < -0.39 is 5.60 Å². The fraction of sp³-hybridized carbons (Fsp3) is 1.00. The summed E-state index contributed by atoms with van der Waals surface area (Å²) in [6.45, 7) is 7.75. The van der Waals surface area contributed by atoms with Crippen LogP contribution in [0.2, 0.25) is 0 Å². The minimum absolute atomic E-state index is 0.152. The van der Waals surface area contributed by atoms with Crippen molar-refractivity contribution in [1.29, 1.82) is 0 Å². The van der Waals surface area contributed by atoms with E-state index in [1.165, 1.54) is 44.9 Å². The van der Waals surface area contributed by atoms with Gasteiger partial charge in [0.1, 0.15) is 0 Å². The smallest absolute Gasteiger partial charge is 0.0883 e. The molecule has 26 heavy (non-hydrogen) atoms. The molecule has 0 aromatic rings. The van der Waals surface area contributed by atoms with Gasteiger partial charge in [0, 0.05) is 6.61 Å². The Kier molecular flexibility index (Phi) is 5.20. The SMILES string of the molecule is CCOC[C@]1(O)CC[C@H]2[C@H](CC[C@@H]3[C@@H]2CC[C@]2(C)[C@@H](C(C)O)CC[C@@H]32)C1. The summed E-state index contributed by atoms with van der Waals surface area (Å²) in [6, 6.07) is 0. The monoisotopic (exact) mass is 364 g/mol. The highest BCUT2D eigenvalue weighted by molar-refractivity contribution is 5.07. The summed E-state index contributed by atoms with van der Waals surface area (Å²) in [7, 11) is 0. The average Bonchev–Trinajstić information content (AvgIpc) is 2.97. The normalized spacial score (nSPS) is 52.0. The van der Waals surface area contributed by atoms with Crippen molar-refractivity contribution >= 4 is 0 Å². The fourth-order valence-electron chi connectivity index (χ4n) is 8.22. The highest BCUT2D eigenvalue weighted by atomic mass is 16.5. The Labute approximate surface area is 159 Å². The first-order valence-electron chi connectivity index (χ1n) is 11.4. The zero-order chi connectivity index (χ0) is 18.5. The van der Waals surface area contributed by atoms with E-state index in [2.05, 4.69) is 6.92 Å². The average molecular weight is 365 g/mol. The molecular weight excluding hydrogens is 324 g/mol. The van der Waals surface area contributed by atoms with Crippen molar-refractivity contribution in [1.82, 2.24) is 0 Å². The van der Waals surface area contributed by atoms with Gasteiger partial charge in [-0.2, -0.15) is 0 Å². The summed E-state index contributed by atoms with van der Waals surface area (Å²) in [5.41, 5.74) is -0.204. The standard InChI is InChI=1S/C23H40O3/c1-4-26-14-23(25)12-10-17-16(13-23)5-6-19-18(17)9-11-22(3)20(15(2)24)7-8-21(19)22/h15-21,24-25H,4-14H2,1-3H3/t15?,16-,17+,18-,19-,20-,21+,22-,23+/m1/s1. The second kappa shape index (κ2) is 7.04. The lowest BCUT2D eigenvalue weighted by Crippen LogP contribution is -2.52. The van der Waals surface area contributed by atoms with E-state index in [1.54, 1.807) is 0 Å². The highest BCUT2D eigenvalue weighted by Crippen LogP contribution is 2.65. The van der Waals surface area contributed by atoms with Gasteiger partial charge in [-0.25, -0.2) is 0 Å². The minimum atomic E-state index is -0.571. The molecule has 0 spiro atoms. The van der Waals surface area contributed by atoms with Gasteiger partial charge in [-0.3, -0.25) is 0 Å². The summed E-state index contributed by atoms with van der Waals surface area (Å²) in [4.78, 5) is 0. The summed E-state index contributed by atoms with van der Waals surface area (Å²) < 4.78 is 5.59. The van der Waals surface area contributed by atoms with Crippen molar-refractivity contribution in [2.75, 3.05) is 13.2 Å². The molecular formula is C23H40O3. The van der Waals surface area contributed by atoms with Gasteiger partial charge < -0.3 is 14.9 Å². The van der Waals surface area contributed by atoms with Crippen LogP contribution in [0.15, 0.2) is 0 Å². The Morgan fingerprint density at radius 2 is 1.77 bits per heavy atom. The lowest BCUT2D eigenvalue weighted by atomic mass is 9.49. The number of hydrogen-bond donors (Lipinski definition) is 2. The molecule has 9 atom stereocenters. The molecule has 0 amide bonds. The van der Waals surface area contributed by atoms with E-state index >= 15 is 0 Å². The number of ether oxygens (including phenoxy) is 1. The zero-order valence-corrected chi connectivity index (χ0v) is 17.1. The van der Waals surface area contributed by atoms with Crippen molar-refractivity contribution in [3.05, 3.63) is 0 Å². The minimum Gasteiger partial charge on any atom is -0.393 e. The van der Waals surface area contributed by atoms with Crippen LogP contribution in [0.3, 0.4) is 0 Å². The van der Waals surface area contributed by atoms with Gasteiger partial charge in [0.25, 0.3) is 0 Å². The molecule has 0 radical (unpaired) electrons. The molecule has 4 saturated carbocycles. The van der Waals surface area contributed by atoms with Crippen LogP contribution in [-0.2, 0) is 4.74 Å². The predicted molar refractivity (Wildman–Crippen MR) is 104 cm³/mol. The molecule has 0 aromatic heterocycles. The molecule has 1 unspecified atom stereocenters. The van der Waals surface area contributed by atoms with Gasteiger partial charge in [-0.05, 0) is 113 Å². The third-order valence-electron chi connectivity index (χ3n) is 9.33. The summed E-state index contributed by atoms with van der Waals surface area (Å²) in [5.74, 6) is 4.60. The summed E-state index contributed by atoms with van der Waals surface area (Å²) in [5, 5.41) is 21.3. The van der Waals surface area contributed by atoms with E-state index in [0.29, 0.717) is 30.5 Å². The van der Waals surface area contributed by atoms with Crippen LogP contribution in [0.5, 0.6) is 0 Å². The van der Waals surface area contributed by atoms with Crippen molar-refractivity contribution in [2.24, 2.45) is 40.9 Å². The Bertz CT molecular complexity index is 506. The van der Waals surface area contributed by atoms with Crippen LogP contribution in [0, 0.1) is 40.9 Å². The molecule has 0 bridgehead atoms. The Hall–Kier alpha value is -0.120. The van der Waals surface area contributed by atoms with Crippen LogP contribution in [0.4, 0.5) is 0 Å². The van der Waals surface area contributed by atoms with Crippen LogP contribution in [0.1, 0.15) is 78.6 Å². The largest absolute Gasteiger partial charge is 0.393 e. The maximum Gasteiger partial charge on any atom is 0.0883 e. The van der Waals surface area contributed by atoms with E-state index in [1.807, 2.05) is 13.8 Å². The molecule has 0 aliphatic heterocycles. The van der Waals surface area contributed by atoms with Gasteiger partial charge in [-0.15, -0.1) is 0 Å². The fourth-order valence-corrected chi connectivity index (χ4v) is 8.22. The molecule has 4 fully saturated rings. The van der Waals surface area contributed by atoms with E-state index in [4.69, 9.17) is 4.74 Å². The molecule has 2 N–H and O–H groups in total. The van der Waals surface area contributed by atoms with Crippen molar-refractivity contribution in [3.8, 4) is 0 Å². The van der Waals surface area contributed by atoms with E-state index in [0.717, 1.165) is 36.5 Å². The van der Waals surface area contributed by atoms with Crippen LogP contribution in [0.25, 0.3) is 0 Å². The quantitative estimate of drug-likeness (QED) is 0.777. The van der Waals surface area contributed by atoms with Crippen molar-refractivity contribution in [3.63, 3.8) is 0 Å². The molecule has 3 heteroatoms. The molecule has 4 aliphatic rings. The van der Waals surface area contributed by atoms with Crippen molar-refractivity contribution in [2.45, 2.75) is 90.3 Å². The maximum absolute atomic E-state index is 11.0. The molecule has 4 rings (SSSR count). The third kappa shape index (κ3) is 3.06. The number of fused-ring (bicyclic) bond motifs is 5. The number of aliphatic hydroxyl groups is 2. The van der Waals surface area contributed by atoms with Crippen LogP contribution < -0.4 is 0 Å². The third-order valence-corrected chi connectivity index (χ3v) is 9.33. The lowest BCUT2D eigenvalue weighted by Gasteiger charge is -2.57. The predicted octanol–water partition coefficient (Wildman–Crippen LogP) is 4.40. The lowest BCUT2D eigenvalue weighted by molar-refractivity contribution is -0.131. The first kappa shape index (κ1) is 19.2. The Morgan fingerprint density at radius 1 is 1.00 bits per heavy atom. The van der Waals surface area contributed by atoms with Gasteiger partial charge in [0.15, 0.2) is 0 Å². The second-order valence-electron chi connectivity index (χ2n) is 10.5. The van der Waals surface area contributed by atoms with Gasteiger partial charge in [0.05, 0.1) is 18.3 Å². The molecule has 0 heterocycles. The molecule has 150 valence electrons. The van der Waals surface area contributed by atoms with Gasteiger partial charge in [0.2, 0.25) is 0 Å². The molecule has 0 saturated heterocycles. The van der Waals surface area contributed by atoms with Gasteiger partial charge >= 0.3 is 0 Å². The summed E-state index contributed by atoms with van der Waals surface area (Å²) >= 11 is 0. The maximum atomic E-state index is 11.0. The topological polar surface area (TPSA) is 49.7 Å². The van der Waals surface area contributed by atoms with Crippen LogP contribution in [-0.4, -0.2) is 35.1 Å². The number of hydrogen-bond acceptors (Lipinski definition) is 3. The second-order valence-corrected chi connectivity index (χ2v) is 10.5. The van der Waals surface area contributed by atoms with E-state index in [-0.39, 0.29) is 6.10 Å². The number of aliphatic hydroxyl groups excluding tert-OH is 1. The number of rotatable bonds is 4. The first-order chi connectivity index (χ1) is 12.4. The first-order valence-corrected chi connectivity index (χ1v) is 11.4. The molecule has 3 nitrogen and oxygen atoms in total. The van der Waals surface area contributed by atoms with Crippen molar-refractivity contribution < 1.29 is 14.9 Å². The highest BCUT2D eigenvalue weighted by Gasteiger charge is 2.58.